The van der Waals surface area contributed by atoms with E-state index in [1.165, 1.54) is 26.1 Å². The number of amidine groups is 1. The Morgan fingerprint density at radius 2 is 2.15 bits per heavy atom. The van der Waals surface area contributed by atoms with E-state index in [1.54, 1.807) is 24.3 Å². The molecule has 33 heavy (non-hydrogen) atoms. The lowest BCUT2D eigenvalue weighted by molar-refractivity contribution is 0.0956. The molecule has 0 radical (unpaired) electrons. The Labute approximate surface area is 193 Å². The number of aromatic nitrogens is 1. The molecular formula is C23H26N4O5S. The molecule has 0 aliphatic carbocycles. The number of benzene rings is 1. The van der Waals surface area contributed by atoms with Gasteiger partial charge in [0.1, 0.15) is 28.6 Å². The van der Waals surface area contributed by atoms with Crippen molar-refractivity contribution in [3.8, 4) is 18.1 Å². The number of amides is 1. The molecule has 0 spiro atoms. The summed E-state index contributed by atoms with van der Waals surface area (Å²) in [6.45, 7) is 3.49. The average molecular weight is 471 g/mol. The van der Waals surface area contributed by atoms with E-state index in [0.717, 1.165) is 11.1 Å². The summed E-state index contributed by atoms with van der Waals surface area (Å²) in [5.74, 6) is 1.28. The SMILES string of the molecule is C#CCOc1ccc(C(=O)Nc2ccc3c(c2)C(CS(=O)(=O)C(C)(C)C(=N)N)COC3)nc1. The van der Waals surface area contributed by atoms with Crippen molar-refractivity contribution in [2.24, 2.45) is 5.73 Å². The molecule has 1 amide bonds. The highest BCUT2D eigenvalue weighted by Crippen LogP contribution is 2.33. The molecule has 0 saturated heterocycles. The molecule has 10 heteroatoms. The smallest absolute Gasteiger partial charge is 0.274 e. The van der Waals surface area contributed by atoms with E-state index in [0.29, 0.717) is 18.0 Å². The highest BCUT2D eigenvalue weighted by atomic mass is 32.2. The van der Waals surface area contributed by atoms with E-state index in [-0.39, 0.29) is 24.7 Å². The fourth-order valence-electron chi connectivity index (χ4n) is 3.28. The lowest BCUT2D eigenvalue weighted by atomic mass is 9.94. The molecular weight excluding hydrogens is 444 g/mol. The summed E-state index contributed by atoms with van der Waals surface area (Å²) < 4.78 is 35.2. The van der Waals surface area contributed by atoms with Crippen molar-refractivity contribution in [1.82, 2.24) is 4.98 Å². The molecule has 1 aliphatic heterocycles. The molecule has 2 heterocycles. The number of carbonyl (C=O) groups is 1. The third-order valence-corrected chi connectivity index (χ3v) is 8.17. The topological polar surface area (TPSA) is 144 Å². The van der Waals surface area contributed by atoms with Gasteiger partial charge in [0.05, 0.1) is 25.2 Å². The number of fused-ring (bicyclic) bond motifs is 1. The highest BCUT2D eigenvalue weighted by Gasteiger charge is 2.40. The number of nitrogens with two attached hydrogens (primary N) is 1. The van der Waals surface area contributed by atoms with Gasteiger partial charge in [0.25, 0.3) is 5.91 Å². The monoisotopic (exact) mass is 470 g/mol. The Morgan fingerprint density at radius 1 is 1.39 bits per heavy atom. The van der Waals surface area contributed by atoms with Crippen molar-refractivity contribution in [3.05, 3.63) is 53.3 Å². The molecule has 1 aliphatic rings. The minimum atomic E-state index is -3.74. The zero-order valence-electron chi connectivity index (χ0n) is 18.4. The van der Waals surface area contributed by atoms with Crippen LogP contribution in [-0.2, 0) is 21.2 Å². The van der Waals surface area contributed by atoms with E-state index in [1.807, 2.05) is 0 Å². The van der Waals surface area contributed by atoms with Gasteiger partial charge in [-0.15, -0.1) is 6.42 Å². The van der Waals surface area contributed by atoms with Crippen molar-refractivity contribution < 1.29 is 22.7 Å². The first-order valence-corrected chi connectivity index (χ1v) is 11.8. The largest absolute Gasteiger partial charge is 0.479 e. The van der Waals surface area contributed by atoms with Crippen LogP contribution in [-0.4, -0.2) is 48.9 Å². The van der Waals surface area contributed by atoms with E-state index < -0.39 is 32.2 Å². The van der Waals surface area contributed by atoms with E-state index >= 15 is 0 Å². The summed E-state index contributed by atoms with van der Waals surface area (Å²) in [5.41, 5.74) is 7.83. The van der Waals surface area contributed by atoms with Gasteiger partial charge in [-0.2, -0.15) is 0 Å². The molecule has 9 nitrogen and oxygen atoms in total. The van der Waals surface area contributed by atoms with Gasteiger partial charge in [-0.1, -0.05) is 12.0 Å². The van der Waals surface area contributed by atoms with E-state index in [2.05, 4.69) is 16.2 Å². The first-order chi connectivity index (χ1) is 15.5. The Morgan fingerprint density at radius 3 is 2.79 bits per heavy atom. The molecule has 1 aromatic heterocycles. The van der Waals surface area contributed by atoms with Crippen LogP contribution in [0.5, 0.6) is 5.75 Å². The molecule has 0 saturated carbocycles. The van der Waals surface area contributed by atoms with E-state index in [4.69, 9.17) is 27.0 Å². The summed E-state index contributed by atoms with van der Waals surface area (Å²) >= 11 is 0. The summed E-state index contributed by atoms with van der Waals surface area (Å²) in [6.07, 6.45) is 6.56. The van der Waals surface area contributed by atoms with Crippen molar-refractivity contribution in [3.63, 3.8) is 0 Å². The zero-order valence-corrected chi connectivity index (χ0v) is 19.2. The summed E-state index contributed by atoms with van der Waals surface area (Å²) in [5, 5.41) is 10.4. The number of nitrogens with one attached hydrogen (secondary N) is 2. The maximum Gasteiger partial charge on any atom is 0.274 e. The second kappa shape index (κ2) is 9.60. The second-order valence-electron chi connectivity index (χ2n) is 8.16. The molecule has 0 bridgehead atoms. The minimum absolute atomic E-state index is 0.104. The second-order valence-corrected chi connectivity index (χ2v) is 10.7. The van der Waals surface area contributed by atoms with Gasteiger partial charge >= 0.3 is 0 Å². The van der Waals surface area contributed by atoms with Crippen molar-refractivity contribution in [1.29, 1.82) is 5.41 Å². The first-order valence-electron chi connectivity index (χ1n) is 10.2. The number of hydrogen-bond acceptors (Lipinski definition) is 7. The number of pyridine rings is 1. The fraction of sp³-hybridized carbons (Fsp3) is 0.348. The number of hydrogen-bond donors (Lipinski definition) is 3. The average Bonchev–Trinajstić information content (AvgIpc) is 2.78. The van der Waals surface area contributed by atoms with Gasteiger partial charge in [-0.3, -0.25) is 10.2 Å². The normalized spacial score (nSPS) is 15.7. The third-order valence-electron chi connectivity index (χ3n) is 5.56. The van der Waals surface area contributed by atoms with Crippen LogP contribution < -0.4 is 15.8 Å². The van der Waals surface area contributed by atoms with Crippen LogP contribution in [0.15, 0.2) is 36.5 Å². The molecule has 3 rings (SSSR count). The molecule has 174 valence electrons. The van der Waals surface area contributed by atoms with Crippen LogP contribution in [0, 0.1) is 17.8 Å². The third kappa shape index (κ3) is 5.32. The van der Waals surface area contributed by atoms with Crippen molar-refractivity contribution >= 4 is 27.3 Å². The summed E-state index contributed by atoms with van der Waals surface area (Å²) in [7, 11) is -3.74. The predicted octanol–water partition coefficient (Wildman–Crippen LogP) is 2.09. The van der Waals surface area contributed by atoms with Crippen LogP contribution in [0.4, 0.5) is 5.69 Å². The fourth-order valence-corrected chi connectivity index (χ4v) is 4.84. The van der Waals surface area contributed by atoms with Crippen LogP contribution in [0.3, 0.4) is 0 Å². The Balaban J connectivity index is 1.79. The number of rotatable bonds is 8. The number of terminal acetylenes is 1. The zero-order chi connectivity index (χ0) is 24.2. The number of sulfone groups is 1. The molecule has 4 N–H and O–H groups in total. The molecule has 2 aromatic rings. The Bertz CT molecular complexity index is 1200. The lowest BCUT2D eigenvalue weighted by Gasteiger charge is -2.30. The molecule has 0 fully saturated rings. The van der Waals surface area contributed by atoms with Gasteiger partial charge < -0.3 is 20.5 Å². The van der Waals surface area contributed by atoms with Gasteiger partial charge in [0.15, 0.2) is 9.84 Å². The highest BCUT2D eigenvalue weighted by molar-refractivity contribution is 7.93. The number of ether oxygens (including phenoxy) is 2. The Kier molecular flexibility index (Phi) is 7.05. The standard InChI is InChI=1S/C23H26N4O5S/c1-4-9-32-18-7-8-20(26-11-18)21(28)27-17-6-5-15-12-31-13-16(19(15)10-17)14-33(29,30)23(2,3)22(24)25/h1,5-8,10-11,16H,9,12-14H2,2-3H3,(H3,24,25)(H,27,28). The number of anilines is 1. The van der Waals surface area contributed by atoms with Gasteiger partial charge in [-0.05, 0) is 49.2 Å². The van der Waals surface area contributed by atoms with Gasteiger partial charge in [0.2, 0.25) is 0 Å². The van der Waals surface area contributed by atoms with Crippen molar-refractivity contribution in [2.45, 2.75) is 31.1 Å². The summed E-state index contributed by atoms with van der Waals surface area (Å²) in [6, 6.07) is 8.39. The van der Waals surface area contributed by atoms with E-state index in [9.17, 15) is 13.2 Å². The van der Waals surface area contributed by atoms with Crippen molar-refractivity contribution in [2.75, 3.05) is 24.3 Å². The van der Waals surface area contributed by atoms with Crippen LogP contribution in [0.1, 0.15) is 41.4 Å². The number of nitrogens with zero attached hydrogens (tertiary/aromatic N) is 1. The minimum Gasteiger partial charge on any atom is -0.479 e. The lowest BCUT2D eigenvalue weighted by Crippen LogP contribution is -2.47. The van der Waals surface area contributed by atoms with Gasteiger partial charge in [-0.25, -0.2) is 13.4 Å². The van der Waals surface area contributed by atoms with Crippen LogP contribution in [0.25, 0.3) is 0 Å². The maximum atomic E-state index is 12.9. The first kappa shape index (κ1) is 24.2. The molecule has 1 unspecified atom stereocenters. The summed E-state index contributed by atoms with van der Waals surface area (Å²) in [4.78, 5) is 16.7. The number of carbonyl (C=O) groups excluding carboxylic acids is 1. The quantitative estimate of drug-likeness (QED) is 0.304. The van der Waals surface area contributed by atoms with Gasteiger partial charge in [0, 0.05) is 11.6 Å². The molecule has 1 atom stereocenters. The molecule has 1 aromatic carbocycles. The maximum absolute atomic E-state index is 12.9. The predicted molar refractivity (Wildman–Crippen MR) is 125 cm³/mol. The van der Waals surface area contributed by atoms with Crippen LogP contribution in [0.2, 0.25) is 0 Å². The Hall–Kier alpha value is -3.42. The van der Waals surface area contributed by atoms with Crippen LogP contribution >= 0.6 is 0 Å².